The maximum Gasteiger partial charge on any atom is 0.220 e. The molecule has 0 spiro atoms. The fraction of sp³-hybridized carbons (Fsp3) is 0.471. The van der Waals surface area contributed by atoms with E-state index in [1.165, 1.54) is 0 Å². The molecule has 0 radical (unpaired) electrons. The van der Waals surface area contributed by atoms with Crippen molar-refractivity contribution in [1.29, 1.82) is 0 Å². The minimum Gasteiger partial charge on any atom is -0.346 e. The number of amides is 1. The summed E-state index contributed by atoms with van der Waals surface area (Å²) in [6.45, 7) is 7.31. The van der Waals surface area contributed by atoms with E-state index in [-0.39, 0.29) is 23.8 Å². The fourth-order valence-electron chi connectivity index (χ4n) is 2.56. The molecule has 5 heteroatoms. The summed E-state index contributed by atoms with van der Waals surface area (Å²) >= 11 is 0. The number of nitrogens with zero attached hydrogens (tertiary/aromatic N) is 2. The number of benzene rings is 1. The highest BCUT2D eigenvalue weighted by Crippen LogP contribution is 2.25. The van der Waals surface area contributed by atoms with Crippen molar-refractivity contribution in [2.75, 3.05) is 0 Å². The van der Waals surface area contributed by atoms with Crippen LogP contribution in [0.25, 0.3) is 11.0 Å². The maximum absolute atomic E-state index is 11.8. The van der Waals surface area contributed by atoms with Gasteiger partial charge in [0.1, 0.15) is 5.82 Å². The van der Waals surface area contributed by atoms with Crippen LogP contribution in [-0.2, 0) is 9.59 Å². The largest absolute Gasteiger partial charge is 0.346 e. The number of hydrogen-bond donors (Lipinski definition) is 1. The van der Waals surface area contributed by atoms with Gasteiger partial charge in [0.2, 0.25) is 5.91 Å². The van der Waals surface area contributed by atoms with E-state index >= 15 is 0 Å². The summed E-state index contributed by atoms with van der Waals surface area (Å²) in [6, 6.07) is 7.16. The molecule has 1 heterocycles. The van der Waals surface area contributed by atoms with Crippen LogP contribution in [0.1, 0.15) is 58.4 Å². The van der Waals surface area contributed by atoms with Crippen molar-refractivity contribution in [3.05, 3.63) is 30.1 Å². The highest BCUT2D eigenvalue weighted by Gasteiger charge is 2.23. The second-order valence-electron chi connectivity index (χ2n) is 5.65. The van der Waals surface area contributed by atoms with Gasteiger partial charge in [0.15, 0.2) is 5.78 Å². The molecule has 0 saturated carbocycles. The van der Waals surface area contributed by atoms with E-state index in [0.717, 1.165) is 17.5 Å². The van der Waals surface area contributed by atoms with E-state index in [9.17, 15) is 9.59 Å². The number of imidazole rings is 1. The van der Waals surface area contributed by atoms with Gasteiger partial charge in [-0.05, 0) is 39.3 Å². The van der Waals surface area contributed by atoms with Gasteiger partial charge in [0.05, 0.1) is 23.1 Å². The molecule has 5 nitrogen and oxygen atoms in total. The number of nitrogens with one attached hydrogen (secondary N) is 1. The van der Waals surface area contributed by atoms with Gasteiger partial charge in [-0.15, -0.1) is 0 Å². The number of para-hydroxylation sites is 2. The van der Waals surface area contributed by atoms with E-state index < -0.39 is 0 Å². The summed E-state index contributed by atoms with van der Waals surface area (Å²) in [5, 5.41) is 2.96. The zero-order valence-electron chi connectivity index (χ0n) is 13.6. The van der Waals surface area contributed by atoms with Gasteiger partial charge in [0.25, 0.3) is 0 Å². The van der Waals surface area contributed by atoms with Gasteiger partial charge < -0.3 is 9.88 Å². The number of Topliss-reactive ketones (excluding diaryl/α,β-unsaturated/α-hetero) is 1. The Balaban J connectivity index is 2.45. The van der Waals surface area contributed by atoms with Gasteiger partial charge in [-0.25, -0.2) is 4.98 Å². The molecule has 1 aromatic carbocycles. The molecular formula is C17H23N3O2. The van der Waals surface area contributed by atoms with Crippen molar-refractivity contribution < 1.29 is 9.59 Å². The molecular weight excluding hydrogens is 278 g/mol. The van der Waals surface area contributed by atoms with Crippen LogP contribution in [0.4, 0.5) is 0 Å². The van der Waals surface area contributed by atoms with Gasteiger partial charge in [-0.2, -0.15) is 0 Å². The van der Waals surface area contributed by atoms with E-state index in [2.05, 4.69) is 10.3 Å². The summed E-state index contributed by atoms with van der Waals surface area (Å²) in [5.41, 5.74) is 1.75. The molecule has 22 heavy (non-hydrogen) atoms. The summed E-state index contributed by atoms with van der Waals surface area (Å²) < 4.78 is 1.93. The van der Waals surface area contributed by atoms with Crippen LogP contribution in [0.5, 0.6) is 0 Å². The highest BCUT2D eigenvalue weighted by molar-refractivity contribution is 5.84. The lowest BCUT2D eigenvalue weighted by atomic mass is 10.2. The highest BCUT2D eigenvalue weighted by atomic mass is 16.1. The Morgan fingerprint density at radius 3 is 2.59 bits per heavy atom. The third-order valence-corrected chi connectivity index (χ3v) is 3.84. The van der Waals surface area contributed by atoms with Gasteiger partial charge >= 0.3 is 0 Å². The third-order valence-electron chi connectivity index (χ3n) is 3.84. The molecule has 2 aromatic rings. The second-order valence-corrected chi connectivity index (χ2v) is 5.65. The Hall–Kier alpha value is -2.17. The average Bonchev–Trinajstić information content (AvgIpc) is 2.85. The third kappa shape index (κ3) is 3.18. The minimum atomic E-state index is -0.312. The Kier molecular flexibility index (Phi) is 4.96. The molecule has 0 aliphatic carbocycles. The van der Waals surface area contributed by atoms with Crippen LogP contribution in [-0.4, -0.2) is 21.2 Å². The molecule has 118 valence electrons. The summed E-state index contributed by atoms with van der Waals surface area (Å²) in [5.74, 6) is 0.786. The van der Waals surface area contributed by atoms with Crippen molar-refractivity contribution in [2.24, 2.45) is 0 Å². The molecule has 2 atom stereocenters. The summed E-state index contributed by atoms with van der Waals surface area (Å²) in [7, 11) is 0. The number of rotatable bonds is 6. The zero-order chi connectivity index (χ0) is 16.3. The van der Waals surface area contributed by atoms with Gasteiger partial charge in [0, 0.05) is 6.42 Å². The van der Waals surface area contributed by atoms with Crippen LogP contribution in [0.15, 0.2) is 24.3 Å². The minimum absolute atomic E-state index is 0.00378. The lowest BCUT2D eigenvalue weighted by molar-refractivity contribution is -0.121. The van der Waals surface area contributed by atoms with Crippen LogP contribution in [0, 0.1) is 0 Å². The molecule has 0 bridgehead atoms. The van der Waals surface area contributed by atoms with Crippen LogP contribution < -0.4 is 5.32 Å². The van der Waals surface area contributed by atoms with Crippen molar-refractivity contribution in [3.63, 3.8) is 0 Å². The molecule has 0 aliphatic rings. The van der Waals surface area contributed by atoms with Crippen molar-refractivity contribution in [1.82, 2.24) is 14.9 Å². The topological polar surface area (TPSA) is 64.0 Å². The zero-order valence-corrected chi connectivity index (χ0v) is 13.6. The number of ketones is 1. The van der Waals surface area contributed by atoms with E-state index in [4.69, 9.17) is 0 Å². The Morgan fingerprint density at radius 1 is 1.27 bits per heavy atom. The SMILES string of the molecule is CCCC(=O)NC(C)c1nc2ccccc2n1C(C)C(C)=O. The Bertz CT molecular complexity index is 690. The molecule has 2 rings (SSSR count). The first-order valence-electron chi connectivity index (χ1n) is 7.72. The number of carbonyl (C=O) groups is 2. The first kappa shape index (κ1) is 16.2. The van der Waals surface area contributed by atoms with Gasteiger partial charge in [-0.1, -0.05) is 19.1 Å². The Morgan fingerprint density at radius 2 is 1.95 bits per heavy atom. The number of fused-ring (bicyclic) bond motifs is 1. The number of aromatic nitrogens is 2. The van der Waals surface area contributed by atoms with Crippen LogP contribution in [0.2, 0.25) is 0 Å². The molecule has 1 amide bonds. The number of carbonyl (C=O) groups excluding carboxylic acids is 2. The van der Waals surface area contributed by atoms with Crippen molar-refractivity contribution >= 4 is 22.7 Å². The first-order chi connectivity index (χ1) is 10.5. The van der Waals surface area contributed by atoms with E-state index in [0.29, 0.717) is 12.2 Å². The molecule has 1 aromatic heterocycles. The van der Waals surface area contributed by atoms with Crippen molar-refractivity contribution in [2.45, 2.75) is 52.6 Å². The normalized spacial score (nSPS) is 13.8. The standard InChI is InChI=1S/C17H23N3O2/c1-5-8-16(22)18-11(2)17-19-14-9-6-7-10-15(14)20(17)12(3)13(4)21/h6-7,9-12H,5,8H2,1-4H3,(H,18,22). The van der Waals surface area contributed by atoms with E-state index in [1.54, 1.807) is 6.92 Å². The lowest BCUT2D eigenvalue weighted by Gasteiger charge is -2.19. The number of hydrogen-bond acceptors (Lipinski definition) is 3. The Labute approximate surface area is 130 Å². The second kappa shape index (κ2) is 6.73. The molecule has 0 fully saturated rings. The maximum atomic E-state index is 11.8. The van der Waals surface area contributed by atoms with E-state index in [1.807, 2.05) is 49.6 Å². The fourth-order valence-corrected chi connectivity index (χ4v) is 2.56. The molecule has 2 unspecified atom stereocenters. The smallest absolute Gasteiger partial charge is 0.220 e. The van der Waals surface area contributed by atoms with Crippen molar-refractivity contribution in [3.8, 4) is 0 Å². The molecule has 0 saturated heterocycles. The predicted octanol–water partition coefficient (Wildman–Crippen LogP) is 3.16. The lowest BCUT2D eigenvalue weighted by Crippen LogP contribution is -2.29. The monoisotopic (exact) mass is 301 g/mol. The van der Waals surface area contributed by atoms with Crippen LogP contribution in [0.3, 0.4) is 0 Å². The quantitative estimate of drug-likeness (QED) is 0.891. The summed E-state index contributed by atoms with van der Waals surface area (Å²) in [6.07, 6.45) is 1.30. The van der Waals surface area contributed by atoms with Crippen LogP contribution >= 0.6 is 0 Å². The average molecular weight is 301 g/mol. The molecule has 1 N–H and O–H groups in total. The molecule has 0 aliphatic heterocycles. The summed E-state index contributed by atoms with van der Waals surface area (Å²) in [4.78, 5) is 28.3. The predicted molar refractivity (Wildman–Crippen MR) is 86.6 cm³/mol. The van der Waals surface area contributed by atoms with Gasteiger partial charge in [-0.3, -0.25) is 9.59 Å². The first-order valence-corrected chi connectivity index (χ1v) is 7.72.